The molecule has 116 valence electrons. The number of rotatable bonds is 8. The Balaban J connectivity index is 3.15. The predicted molar refractivity (Wildman–Crippen MR) is 74.7 cm³/mol. The lowest BCUT2D eigenvalue weighted by molar-refractivity contribution is -0.228. The van der Waals surface area contributed by atoms with Gasteiger partial charge in [0.1, 0.15) is 5.75 Å². The maximum atomic E-state index is 12.2. The molecule has 0 fully saturated rings. The molecule has 0 spiro atoms. The van der Waals surface area contributed by atoms with Crippen LogP contribution in [0.2, 0.25) is 0 Å². The number of benzene rings is 1. The van der Waals surface area contributed by atoms with Crippen LogP contribution in [0.4, 0.5) is 0 Å². The van der Waals surface area contributed by atoms with E-state index in [-0.39, 0.29) is 19.8 Å². The van der Waals surface area contributed by atoms with Crippen molar-refractivity contribution in [3.8, 4) is 5.75 Å². The SMILES string of the molecule is CCOC(=O)C(OCC)(Oc1ccccc1)C(=O)OCC. The fourth-order valence-corrected chi connectivity index (χ4v) is 1.62. The molecule has 0 aromatic heterocycles. The van der Waals surface area contributed by atoms with Crippen LogP contribution in [-0.2, 0) is 23.8 Å². The van der Waals surface area contributed by atoms with Gasteiger partial charge in [0.25, 0.3) is 0 Å². The maximum Gasteiger partial charge on any atom is 0.411 e. The quantitative estimate of drug-likeness (QED) is 0.415. The normalized spacial score (nSPS) is 10.8. The molecule has 0 saturated carbocycles. The molecule has 1 rings (SSSR count). The second-order valence-electron chi connectivity index (χ2n) is 3.91. The highest BCUT2D eigenvalue weighted by atomic mass is 16.8. The largest absolute Gasteiger partial charge is 0.461 e. The van der Waals surface area contributed by atoms with Crippen LogP contribution in [0.3, 0.4) is 0 Å². The minimum Gasteiger partial charge on any atom is -0.461 e. The minimum absolute atomic E-state index is 0.0739. The predicted octanol–water partition coefficient (Wildman–Crippen LogP) is 1.92. The molecule has 0 aliphatic carbocycles. The summed E-state index contributed by atoms with van der Waals surface area (Å²) in [5.41, 5.74) is 0. The molecular weight excluding hydrogens is 276 g/mol. The standard InChI is InChI=1S/C15H20O6/c1-4-18-13(16)15(20-6-3,14(17)19-5-2)21-12-10-8-7-9-11-12/h7-11H,4-6H2,1-3H3. The van der Waals surface area contributed by atoms with Crippen molar-refractivity contribution in [2.24, 2.45) is 0 Å². The zero-order valence-electron chi connectivity index (χ0n) is 12.5. The van der Waals surface area contributed by atoms with Gasteiger partial charge in [-0.1, -0.05) is 18.2 Å². The number of carbonyl (C=O) groups excluding carboxylic acids is 2. The van der Waals surface area contributed by atoms with Gasteiger partial charge in [0.2, 0.25) is 0 Å². The summed E-state index contributed by atoms with van der Waals surface area (Å²) < 4.78 is 20.6. The molecule has 1 aromatic carbocycles. The summed E-state index contributed by atoms with van der Waals surface area (Å²) >= 11 is 0. The minimum atomic E-state index is -2.25. The van der Waals surface area contributed by atoms with E-state index in [4.69, 9.17) is 18.9 Å². The number of hydrogen-bond donors (Lipinski definition) is 0. The van der Waals surface area contributed by atoms with Gasteiger partial charge in [-0.25, -0.2) is 9.59 Å². The molecule has 0 saturated heterocycles. The molecule has 0 aliphatic rings. The molecule has 6 heteroatoms. The van der Waals surface area contributed by atoms with Crippen molar-refractivity contribution in [1.29, 1.82) is 0 Å². The zero-order valence-corrected chi connectivity index (χ0v) is 12.5. The summed E-state index contributed by atoms with van der Waals surface area (Å²) in [6.45, 7) is 5.15. The summed E-state index contributed by atoms with van der Waals surface area (Å²) in [7, 11) is 0. The van der Waals surface area contributed by atoms with Gasteiger partial charge in [-0.15, -0.1) is 0 Å². The summed E-state index contributed by atoms with van der Waals surface area (Å²) in [6.07, 6.45) is 0. The van der Waals surface area contributed by atoms with E-state index in [1.165, 1.54) is 0 Å². The van der Waals surface area contributed by atoms with Gasteiger partial charge >= 0.3 is 17.7 Å². The van der Waals surface area contributed by atoms with E-state index in [0.29, 0.717) is 5.75 Å². The summed E-state index contributed by atoms with van der Waals surface area (Å²) in [6, 6.07) is 8.41. The van der Waals surface area contributed by atoms with Gasteiger partial charge in [0.15, 0.2) is 0 Å². The topological polar surface area (TPSA) is 71.1 Å². The van der Waals surface area contributed by atoms with E-state index < -0.39 is 17.7 Å². The van der Waals surface area contributed by atoms with Crippen LogP contribution in [0.15, 0.2) is 30.3 Å². The highest BCUT2D eigenvalue weighted by molar-refractivity contribution is 6.02. The third kappa shape index (κ3) is 4.19. The van der Waals surface area contributed by atoms with Crippen LogP contribution in [0.25, 0.3) is 0 Å². The molecule has 0 unspecified atom stereocenters. The average molecular weight is 296 g/mol. The third-order valence-corrected chi connectivity index (χ3v) is 2.44. The Hall–Kier alpha value is -2.08. The Labute approximate surface area is 123 Å². The van der Waals surface area contributed by atoms with Gasteiger partial charge in [-0.2, -0.15) is 0 Å². The van der Waals surface area contributed by atoms with Crippen molar-refractivity contribution >= 4 is 11.9 Å². The van der Waals surface area contributed by atoms with Crippen LogP contribution in [0, 0.1) is 0 Å². The smallest absolute Gasteiger partial charge is 0.411 e. The first-order valence-corrected chi connectivity index (χ1v) is 6.83. The van der Waals surface area contributed by atoms with E-state index in [1.807, 2.05) is 0 Å². The van der Waals surface area contributed by atoms with E-state index in [9.17, 15) is 9.59 Å². The Morgan fingerprint density at radius 1 is 0.905 bits per heavy atom. The monoisotopic (exact) mass is 296 g/mol. The Kier molecular flexibility index (Phi) is 6.68. The van der Waals surface area contributed by atoms with Crippen LogP contribution in [-0.4, -0.2) is 37.5 Å². The molecule has 6 nitrogen and oxygen atoms in total. The number of ether oxygens (including phenoxy) is 4. The van der Waals surface area contributed by atoms with E-state index in [1.54, 1.807) is 51.1 Å². The molecule has 0 amide bonds. The number of carbonyl (C=O) groups is 2. The Morgan fingerprint density at radius 3 is 1.86 bits per heavy atom. The van der Waals surface area contributed by atoms with E-state index in [0.717, 1.165) is 0 Å². The molecule has 21 heavy (non-hydrogen) atoms. The fraction of sp³-hybridized carbons (Fsp3) is 0.467. The molecule has 0 atom stereocenters. The van der Waals surface area contributed by atoms with Gasteiger partial charge in [0, 0.05) is 6.61 Å². The second kappa shape index (κ2) is 8.26. The van der Waals surface area contributed by atoms with Crippen molar-refractivity contribution in [2.45, 2.75) is 26.6 Å². The second-order valence-corrected chi connectivity index (χ2v) is 3.91. The fourth-order valence-electron chi connectivity index (χ4n) is 1.62. The third-order valence-electron chi connectivity index (χ3n) is 2.44. The van der Waals surface area contributed by atoms with Gasteiger partial charge in [0.05, 0.1) is 13.2 Å². The summed E-state index contributed by atoms with van der Waals surface area (Å²) in [4.78, 5) is 24.4. The van der Waals surface area contributed by atoms with Crippen molar-refractivity contribution in [3.63, 3.8) is 0 Å². The number of esters is 2. The summed E-state index contributed by atoms with van der Waals surface area (Å²) in [5.74, 6) is -3.82. The highest BCUT2D eigenvalue weighted by Gasteiger charge is 2.54. The summed E-state index contributed by atoms with van der Waals surface area (Å²) in [5, 5.41) is 0. The van der Waals surface area contributed by atoms with Crippen LogP contribution in [0.1, 0.15) is 20.8 Å². The van der Waals surface area contributed by atoms with Gasteiger partial charge in [-0.05, 0) is 32.9 Å². The Bertz CT molecular complexity index is 438. The Morgan fingerprint density at radius 2 is 1.43 bits per heavy atom. The highest BCUT2D eigenvalue weighted by Crippen LogP contribution is 2.23. The van der Waals surface area contributed by atoms with Crippen LogP contribution >= 0.6 is 0 Å². The van der Waals surface area contributed by atoms with Crippen LogP contribution < -0.4 is 4.74 Å². The van der Waals surface area contributed by atoms with Crippen LogP contribution in [0.5, 0.6) is 5.75 Å². The lowest BCUT2D eigenvalue weighted by Crippen LogP contribution is -2.56. The maximum absolute atomic E-state index is 12.2. The molecule has 0 aliphatic heterocycles. The molecule has 0 N–H and O–H groups in total. The molecule has 0 bridgehead atoms. The first-order valence-electron chi connectivity index (χ1n) is 6.83. The molecular formula is C15H20O6. The molecule has 0 radical (unpaired) electrons. The molecule has 1 aromatic rings. The van der Waals surface area contributed by atoms with Gasteiger partial charge < -0.3 is 18.9 Å². The first-order chi connectivity index (χ1) is 10.1. The number of para-hydroxylation sites is 1. The van der Waals surface area contributed by atoms with Crippen molar-refractivity contribution in [3.05, 3.63) is 30.3 Å². The zero-order chi connectivity index (χ0) is 15.7. The average Bonchev–Trinajstić information content (AvgIpc) is 2.48. The van der Waals surface area contributed by atoms with Gasteiger partial charge in [-0.3, -0.25) is 0 Å². The number of hydrogen-bond acceptors (Lipinski definition) is 6. The van der Waals surface area contributed by atoms with E-state index >= 15 is 0 Å². The van der Waals surface area contributed by atoms with Crippen molar-refractivity contribution in [1.82, 2.24) is 0 Å². The molecule has 0 heterocycles. The van der Waals surface area contributed by atoms with Crippen molar-refractivity contribution in [2.75, 3.05) is 19.8 Å². The van der Waals surface area contributed by atoms with E-state index in [2.05, 4.69) is 0 Å². The first kappa shape index (κ1) is 17.0. The van der Waals surface area contributed by atoms with Crippen molar-refractivity contribution < 1.29 is 28.5 Å². The lowest BCUT2D eigenvalue weighted by atomic mass is 10.2. The lowest BCUT2D eigenvalue weighted by Gasteiger charge is -2.28.